The number of carbonyl (C=O) groups excluding carboxylic acids is 1. The van der Waals surface area contributed by atoms with Gasteiger partial charge in [0.25, 0.3) is 0 Å². The van der Waals surface area contributed by atoms with Crippen molar-refractivity contribution >= 4 is 6.08 Å². The highest BCUT2D eigenvalue weighted by Crippen LogP contribution is 2.08. The maximum Gasteiger partial charge on any atom is 0.249 e. The minimum absolute atomic E-state index is 0.494. The molecule has 0 bridgehead atoms. The Labute approximate surface area is 72.3 Å². The van der Waals surface area contributed by atoms with Gasteiger partial charge in [-0.15, -0.1) is 4.99 Å². The van der Waals surface area contributed by atoms with E-state index in [0.29, 0.717) is 6.04 Å². The molecule has 1 N–H and O–H groups in total. The Morgan fingerprint density at radius 1 is 1.50 bits per heavy atom. The number of aliphatic imine (C=N–C) groups is 1. The van der Waals surface area contributed by atoms with Gasteiger partial charge in [-0.05, 0) is 19.4 Å². The van der Waals surface area contributed by atoms with E-state index in [1.165, 1.54) is 25.3 Å². The molecule has 1 unspecified atom stereocenters. The molecule has 0 aliphatic carbocycles. The molecular weight excluding hydrogens is 152 g/mol. The van der Waals surface area contributed by atoms with Crippen LogP contribution in [0.15, 0.2) is 4.99 Å². The van der Waals surface area contributed by atoms with E-state index in [-0.39, 0.29) is 0 Å². The normalized spacial score (nSPS) is 21.8. The van der Waals surface area contributed by atoms with Crippen LogP contribution in [-0.4, -0.2) is 18.7 Å². The maximum absolute atomic E-state index is 9.65. The van der Waals surface area contributed by atoms with Crippen LogP contribution in [0.2, 0.25) is 0 Å². The summed E-state index contributed by atoms with van der Waals surface area (Å²) in [5, 5.41) is 3.35. The van der Waals surface area contributed by atoms with Crippen LogP contribution in [0.25, 0.3) is 0 Å². The van der Waals surface area contributed by atoms with Crippen molar-refractivity contribution in [2.24, 2.45) is 4.99 Å². The van der Waals surface area contributed by atoms with Crippen molar-refractivity contribution in [2.45, 2.75) is 31.7 Å². The third kappa shape index (κ3) is 3.34. The summed E-state index contributed by atoms with van der Waals surface area (Å²) >= 11 is 0. The Balaban J connectivity index is 2.22. The molecule has 0 aromatic heterocycles. The number of piperidine rings is 1. The van der Waals surface area contributed by atoms with Crippen molar-refractivity contribution in [3.05, 3.63) is 0 Å². The van der Waals surface area contributed by atoms with Crippen LogP contribution in [0.1, 0.15) is 25.7 Å². The summed E-state index contributed by atoms with van der Waals surface area (Å²) < 4.78 is 0. The summed E-state index contributed by atoms with van der Waals surface area (Å²) in [7, 11) is 0. The SMILES string of the molecule is O=C=NC#CCC1CCCCN1. The highest BCUT2D eigenvalue weighted by Gasteiger charge is 2.09. The van der Waals surface area contributed by atoms with E-state index in [0.717, 1.165) is 13.0 Å². The number of nitrogens with one attached hydrogen (secondary N) is 1. The van der Waals surface area contributed by atoms with E-state index in [1.807, 2.05) is 0 Å². The lowest BCUT2D eigenvalue weighted by molar-refractivity contribution is 0.407. The third-order valence-electron chi connectivity index (χ3n) is 1.94. The first-order valence-corrected chi connectivity index (χ1v) is 4.21. The molecule has 3 heteroatoms. The van der Waals surface area contributed by atoms with E-state index >= 15 is 0 Å². The number of hydrogen-bond acceptors (Lipinski definition) is 3. The topological polar surface area (TPSA) is 41.5 Å². The smallest absolute Gasteiger partial charge is 0.249 e. The van der Waals surface area contributed by atoms with Gasteiger partial charge in [-0.1, -0.05) is 12.3 Å². The first kappa shape index (κ1) is 8.99. The molecule has 1 aliphatic heterocycles. The van der Waals surface area contributed by atoms with E-state index in [4.69, 9.17) is 0 Å². The average molecular weight is 164 g/mol. The molecule has 1 saturated heterocycles. The molecule has 1 rings (SSSR count). The zero-order valence-corrected chi connectivity index (χ0v) is 6.97. The van der Waals surface area contributed by atoms with Gasteiger partial charge in [0.15, 0.2) is 0 Å². The second kappa shape index (κ2) is 5.54. The van der Waals surface area contributed by atoms with Crippen molar-refractivity contribution in [3.63, 3.8) is 0 Å². The molecule has 0 spiro atoms. The van der Waals surface area contributed by atoms with Crippen molar-refractivity contribution in [1.82, 2.24) is 5.32 Å². The summed E-state index contributed by atoms with van der Waals surface area (Å²) in [5.74, 6) is 2.81. The molecule has 1 fully saturated rings. The van der Waals surface area contributed by atoms with Crippen LogP contribution in [0.3, 0.4) is 0 Å². The summed E-state index contributed by atoms with van der Waals surface area (Å²) in [6.45, 7) is 1.09. The Kier molecular flexibility index (Phi) is 4.15. The third-order valence-corrected chi connectivity index (χ3v) is 1.94. The molecule has 0 aromatic carbocycles. The monoisotopic (exact) mass is 164 g/mol. The number of hydrogen-bond donors (Lipinski definition) is 1. The Morgan fingerprint density at radius 2 is 2.42 bits per heavy atom. The number of rotatable bonds is 1. The molecule has 0 radical (unpaired) electrons. The molecular formula is C9H12N2O. The largest absolute Gasteiger partial charge is 0.313 e. The van der Waals surface area contributed by atoms with Crippen LogP contribution in [0.5, 0.6) is 0 Å². The van der Waals surface area contributed by atoms with Crippen molar-refractivity contribution in [3.8, 4) is 12.0 Å². The van der Waals surface area contributed by atoms with Gasteiger partial charge in [0.05, 0.1) is 0 Å². The molecule has 1 heterocycles. The Bertz CT molecular complexity index is 227. The lowest BCUT2D eigenvalue weighted by Gasteiger charge is -2.20. The van der Waals surface area contributed by atoms with Gasteiger partial charge < -0.3 is 5.32 Å². The fourth-order valence-electron chi connectivity index (χ4n) is 1.33. The van der Waals surface area contributed by atoms with Gasteiger partial charge in [-0.2, -0.15) is 0 Å². The molecule has 12 heavy (non-hydrogen) atoms. The fourth-order valence-corrected chi connectivity index (χ4v) is 1.33. The fraction of sp³-hybridized carbons (Fsp3) is 0.667. The van der Waals surface area contributed by atoms with Gasteiger partial charge in [-0.3, -0.25) is 0 Å². The minimum Gasteiger partial charge on any atom is -0.313 e. The number of nitrogens with zero attached hydrogens (tertiary/aromatic N) is 1. The summed E-state index contributed by atoms with van der Waals surface area (Å²) in [6, 6.07) is 2.89. The quantitative estimate of drug-likeness (QED) is 0.354. The van der Waals surface area contributed by atoms with Crippen LogP contribution in [0, 0.1) is 12.0 Å². The first-order chi connectivity index (χ1) is 5.93. The summed E-state index contributed by atoms with van der Waals surface area (Å²) in [5.41, 5.74) is 0. The highest BCUT2D eigenvalue weighted by molar-refractivity contribution is 5.36. The average Bonchev–Trinajstić information content (AvgIpc) is 2.14. The van der Waals surface area contributed by atoms with Gasteiger partial charge in [0.2, 0.25) is 6.08 Å². The van der Waals surface area contributed by atoms with Gasteiger partial charge in [0.1, 0.15) is 0 Å². The Hall–Kier alpha value is -1.10. The van der Waals surface area contributed by atoms with Gasteiger partial charge in [0, 0.05) is 18.5 Å². The molecule has 0 aromatic rings. The van der Waals surface area contributed by atoms with Gasteiger partial charge >= 0.3 is 0 Å². The van der Waals surface area contributed by atoms with Crippen LogP contribution >= 0.6 is 0 Å². The van der Waals surface area contributed by atoms with E-state index in [9.17, 15) is 4.79 Å². The zero-order chi connectivity index (χ0) is 8.65. The van der Waals surface area contributed by atoms with Crippen molar-refractivity contribution in [2.75, 3.05) is 6.54 Å². The predicted octanol–water partition coefficient (Wildman–Crippen LogP) is 0.815. The standard InChI is InChI=1S/C9H12N2O/c12-8-10-6-3-5-9-4-1-2-7-11-9/h9,11H,1-2,4-5,7H2. The van der Waals surface area contributed by atoms with Crippen LogP contribution < -0.4 is 5.32 Å². The first-order valence-electron chi connectivity index (χ1n) is 4.21. The predicted molar refractivity (Wildman–Crippen MR) is 46.2 cm³/mol. The summed E-state index contributed by atoms with van der Waals surface area (Å²) in [6.07, 6.45) is 5.88. The van der Waals surface area contributed by atoms with Crippen LogP contribution in [-0.2, 0) is 4.79 Å². The van der Waals surface area contributed by atoms with Crippen LogP contribution in [0.4, 0.5) is 0 Å². The summed E-state index contributed by atoms with van der Waals surface area (Å²) in [4.78, 5) is 12.8. The van der Waals surface area contributed by atoms with Gasteiger partial charge in [-0.25, -0.2) is 4.79 Å². The number of isocyanates is 1. The van der Waals surface area contributed by atoms with E-state index < -0.39 is 0 Å². The molecule has 0 saturated carbocycles. The minimum atomic E-state index is 0.494. The second-order valence-electron chi connectivity index (χ2n) is 2.84. The molecule has 0 amide bonds. The lowest BCUT2D eigenvalue weighted by Crippen LogP contribution is -2.33. The molecule has 1 atom stereocenters. The van der Waals surface area contributed by atoms with E-state index in [2.05, 4.69) is 22.3 Å². The zero-order valence-electron chi connectivity index (χ0n) is 6.97. The van der Waals surface area contributed by atoms with Crippen molar-refractivity contribution in [1.29, 1.82) is 0 Å². The lowest BCUT2D eigenvalue weighted by atomic mass is 10.0. The van der Waals surface area contributed by atoms with E-state index in [1.54, 1.807) is 0 Å². The maximum atomic E-state index is 9.65. The molecule has 64 valence electrons. The molecule has 1 aliphatic rings. The highest BCUT2D eigenvalue weighted by atomic mass is 16.1. The second-order valence-corrected chi connectivity index (χ2v) is 2.84. The van der Waals surface area contributed by atoms with Crippen molar-refractivity contribution < 1.29 is 4.79 Å². The Morgan fingerprint density at radius 3 is 3.08 bits per heavy atom. The molecule has 3 nitrogen and oxygen atoms in total.